The number of aromatic nitrogens is 2. The second kappa shape index (κ2) is 5.43. The molecule has 0 fully saturated rings. The molecule has 0 unspecified atom stereocenters. The Morgan fingerprint density at radius 3 is 2.70 bits per heavy atom. The fourth-order valence-electron chi connectivity index (χ4n) is 2.24. The molecule has 1 aromatic carbocycles. The number of methoxy groups -OCH3 is 1. The number of hydrogen-bond donors (Lipinski definition) is 2. The summed E-state index contributed by atoms with van der Waals surface area (Å²) < 4.78 is 35.4. The van der Waals surface area contributed by atoms with Crippen LogP contribution in [0.2, 0.25) is 0 Å². The van der Waals surface area contributed by atoms with Gasteiger partial charge >= 0.3 is 0 Å². The zero-order valence-corrected chi connectivity index (χ0v) is 13.1. The molecule has 0 aliphatic heterocycles. The first kappa shape index (κ1) is 15.1. The molecule has 2 N–H and O–H groups in total. The van der Waals surface area contributed by atoms with Crippen LogP contribution in [-0.2, 0) is 10.0 Å². The number of aromatic amines is 1. The minimum absolute atomic E-state index is 0.0828. The van der Waals surface area contributed by atoms with Gasteiger partial charge in [-0.05, 0) is 6.07 Å². The molecule has 0 saturated carbocycles. The van der Waals surface area contributed by atoms with Crippen LogP contribution in [0.5, 0.6) is 5.75 Å². The maximum Gasteiger partial charge on any atom is 0.230 e. The molecule has 0 bridgehead atoms. The number of nitrogens with one attached hydrogen (secondary N) is 2. The highest BCUT2D eigenvalue weighted by atomic mass is 32.2. The van der Waals surface area contributed by atoms with Gasteiger partial charge in [-0.15, -0.1) is 0 Å². The molecule has 0 spiro atoms. The van der Waals surface area contributed by atoms with E-state index >= 15 is 0 Å². The number of hydrogen-bond acceptors (Lipinski definition) is 6. The Kier molecular flexibility index (Phi) is 3.57. The molecule has 3 aromatic rings. The zero-order valence-electron chi connectivity index (χ0n) is 12.3. The van der Waals surface area contributed by atoms with Crippen LogP contribution in [0.3, 0.4) is 0 Å². The van der Waals surface area contributed by atoms with Gasteiger partial charge in [0.1, 0.15) is 11.6 Å². The Morgan fingerprint density at radius 2 is 2.09 bits per heavy atom. The summed E-state index contributed by atoms with van der Waals surface area (Å²) in [5.74, 6) is 1.00. The van der Waals surface area contributed by atoms with Crippen molar-refractivity contribution in [2.75, 3.05) is 18.1 Å². The van der Waals surface area contributed by atoms with Gasteiger partial charge in [-0.3, -0.25) is 9.52 Å². The second-order valence-corrected chi connectivity index (χ2v) is 6.63. The maximum absolute atomic E-state index is 12.3. The number of rotatable bonds is 4. The summed E-state index contributed by atoms with van der Waals surface area (Å²) in [5.41, 5.74) is 0.670. The minimum Gasteiger partial charge on any atom is -0.496 e. The SMILES string of the molecule is COc1cc2[nH]c(NS(C)(=O)=O)cc(=O)c2cc1-c1cnco1. The molecule has 3 rings (SSSR count). The van der Waals surface area contributed by atoms with E-state index in [1.54, 1.807) is 12.1 Å². The third kappa shape index (κ3) is 3.04. The smallest absolute Gasteiger partial charge is 0.230 e. The van der Waals surface area contributed by atoms with Crippen LogP contribution in [0.1, 0.15) is 0 Å². The van der Waals surface area contributed by atoms with Gasteiger partial charge in [-0.2, -0.15) is 0 Å². The van der Waals surface area contributed by atoms with E-state index in [9.17, 15) is 13.2 Å². The van der Waals surface area contributed by atoms with Crippen molar-refractivity contribution < 1.29 is 17.6 Å². The predicted molar refractivity (Wildman–Crippen MR) is 85.1 cm³/mol. The Bertz CT molecular complexity index is 1020. The molecule has 8 nitrogen and oxygen atoms in total. The Balaban J connectivity index is 2.23. The van der Waals surface area contributed by atoms with E-state index in [2.05, 4.69) is 14.7 Å². The molecule has 2 heterocycles. The number of pyridine rings is 1. The molecule has 0 saturated heterocycles. The van der Waals surface area contributed by atoms with Crippen LogP contribution in [0, 0.1) is 0 Å². The van der Waals surface area contributed by atoms with E-state index in [1.807, 2.05) is 0 Å². The highest BCUT2D eigenvalue weighted by Gasteiger charge is 2.14. The lowest BCUT2D eigenvalue weighted by atomic mass is 10.1. The summed E-state index contributed by atoms with van der Waals surface area (Å²) in [4.78, 5) is 19.0. The highest BCUT2D eigenvalue weighted by Crippen LogP contribution is 2.32. The maximum atomic E-state index is 12.3. The predicted octanol–water partition coefficient (Wildman–Crippen LogP) is 1.56. The van der Waals surface area contributed by atoms with Crippen molar-refractivity contribution in [2.45, 2.75) is 0 Å². The van der Waals surface area contributed by atoms with Gasteiger partial charge in [0.05, 0.1) is 30.6 Å². The van der Waals surface area contributed by atoms with Crippen molar-refractivity contribution in [1.82, 2.24) is 9.97 Å². The summed E-state index contributed by atoms with van der Waals surface area (Å²) in [5, 5.41) is 0.372. The molecular weight excluding hydrogens is 322 g/mol. The Labute approximate surface area is 131 Å². The van der Waals surface area contributed by atoms with E-state index < -0.39 is 10.0 Å². The Hall–Kier alpha value is -2.81. The van der Waals surface area contributed by atoms with Crippen LogP contribution in [0.25, 0.3) is 22.2 Å². The topological polar surface area (TPSA) is 114 Å². The summed E-state index contributed by atoms with van der Waals surface area (Å²) >= 11 is 0. The van der Waals surface area contributed by atoms with Crippen LogP contribution < -0.4 is 14.9 Å². The molecule has 9 heteroatoms. The van der Waals surface area contributed by atoms with Gasteiger partial charge in [0.2, 0.25) is 10.0 Å². The lowest BCUT2D eigenvalue weighted by molar-refractivity contribution is 0.415. The third-order valence-electron chi connectivity index (χ3n) is 3.14. The largest absolute Gasteiger partial charge is 0.496 e. The van der Waals surface area contributed by atoms with Crippen LogP contribution in [0.15, 0.2) is 40.0 Å². The van der Waals surface area contributed by atoms with Gasteiger partial charge < -0.3 is 14.1 Å². The Morgan fingerprint density at radius 1 is 1.30 bits per heavy atom. The summed E-state index contributed by atoms with van der Waals surface area (Å²) in [7, 11) is -2.01. The molecule has 23 heavy (non-hydrogen) atoms. The fourth-order valence-corrected chi connectivity index (χ4v) is 2.75. The number of ether oxygens (including phenoxy) is 1. The van der Waals surface area contributed by atoms with Gasteiger partial charge in [-0.25, -0.2) is 13.4 Å². The number of benzene rings is 1. The highest BCUT2D eigenvalue weighted by molar-refractivity contribution is 7.92. The molecule has 2 aromatic heterocycles. The van der Waals surface area contributed by atoms with Crippen molar-refractivity contribution in [1.29, 1.82) is 0 Å². The van der Waals surface area contributed by atoms with E-state index in [0.717, 1.165) is 6.26 Å². The second-order valence-electron chi connectivity index (χ2n) is 4.89. The summed E-state index contributed by atoms with van der Waals surface area (Å²) in [6, 6.07) is 4.39. The van der Waals surface area contributed by atoms with Crippen molar-refractivity contribution in [3.05, 3.63) is 41.0 Å². The number of oxazole rings is 1. The fraction of sp³-hybridized carbons (Fsp3) is 0.143. The van der Waals surface area contributed by atoms with Crippen molar-refractivity contribution in [3.63, 3.8) is 0 Å². The van der Waals surface area contributed by atoms with Crippen molar-refractivity contribution >= 4 is 26.7 Å². The van der Waals surface area contributed by atoms with E-state index in [4.69, 9.17) is 9.15 Å². The van der Waals surface area contributed by atoms with Crippen LogP contribution in [-0.4, -0.2) is 31.8 Å². The number of H-pyrrole nitrogens is 1. The van der Waals surface area contributed by atoms with Crippen LogP contribution >= 0.6 is 0 Å². The first-order chi connectivity index (χ1) is 10.9. The standard InChI is InChI=1S/C14H13N3O5S/c1-21-12-4-10-8(3-9(12)13-6-15-7-22-13)11(18)5-14(16-10)17-23(2,19)20/h3-7H,1-2H3,(H2,16,17,18). The first-order valence-corrected chi connectivity index (χ1v) is 8.38. The lowest BCUT2D eigenvalue weighted by Crippen LogP contribution is -2.14. The molecule has 0 atom stereocenters. The normalized spacial score (nSPS) is 11.6. The molecule has 120 valence electrons. The van der Waals surface area contributed by atoms with E-state index in [0.29, 0.717) is 28.0 Å². The monoisotopic (exact) mass is 335 g/mol. The van der Waals surface area contributed by atoms with Gasteiger partial charge in [0.25, 0.3) is 0 Å². The van der Waals surface area contributed by atoms with Crippen molar-refractivity contribution in [2.24, 2.45) is 0 Å². The van der Waals surface area contributed by atoms with Gasteiger partial charge in [-0.1, -0.05) is 0 Å². The number of nitrogens with zero attached hydrogens (tertiary/aromatic N) is 1. The third-order valence-corrected chi connectivity index (χ3v) is 3.73. The zero-order chi connectivity index (χ0) is 16.6. The first-order valence-electron chi connectivity index (χ1n) is 6.49. The van der Waals surface area contributed by atoms with Crippen LogP contribution in [0.4, 0.5) is 5.82 Å². The molecule has 0 aliphatic carbocycles. The summed E-state index contributed by atoms with van der Waals surface area (Å²) in [6.07, 6.45) is 3.79. The number of sulfonamides is 1. The quantitative estimate of drug-likeness (QED) is 0.748. The van der Waals surface area contributed by atoms with E-state index in [1.165, 1.54) is 25.8 Å². The molecule has 0 radical (unpaired) electrons. The molecule has 0 aliphatic rings. The lowest BCUT2D eigenvalue weighted by Gasteiger charge is -2.10. The summed E-state index contributed by atoms with van der Waals surface area (Å²) in [6.45, 7) is 0. The molecule has 0 amide bonds. The van der Waals surface area contributed by atoms with Crippen molar-refractivity contribution in [3.8, 4) is 17.1 Å². The number of fused-ring (bicyclic) bond motifs is 1. The number of anilines is 1. The average molecular weight is 335 g/mol. The van der Waals surface area contributed by atoms with Gasteiger partial charge in [0.15, 0.2) is 17.6 Å². The minimum atomic E-state index is -3.50. The van der Waals surface area contributed by atoms with E-state index in [-0.39, 0.29) is 11.2 Å². The molecular formula is C14H13N3O5S. The van der Waals surface area contributed by atoms with Gasteiger partial charge in [0, 0.05) is 17.5 Å². The average Bonchev–Trinajstić information content (AvgIpc) is 2.98.